The lowest BCUT2D eigenvalue weighted by Crippen LogP contribution is -2.21. The lowest BCUT2D eigenvalue weighted by molar-refractivity contribution is 0.282. The summed E-state index contributed by atoms with van der Waals surface area (Å²) < 4.78 is 5.55. The smallest absolute Gasteiger partial charge is 0.139 e. The third kappa shape index (κ3) is 8.13. The zero-order valence-electron chi connectivity index (χ0n) is 11.7. The first-order chi connectivity index (χ1) is 8.93. The highest BCUT2D eigenvalue weighted by molar-refractivity contribution is 5.20. The van der Waals surface area contributed by atoms with Gasteiger partial charge in [0.1, 0.15) is 12.5 Å². The zero-order valence-corrected chi connectivity index (χ0v) is 11.7. The maximum Gasteiger partial charge on any atom is 0.139 e. The van der Waals surface area contributed by atoms with Gasteiger partial charge in [0.05, 0.1) is 0 Å². The van der Waals surface area contributed by atoms with Crippen LogP contribution in [0.15, 0.2) is 30.3 Å². The van der Waals surface area contributed by atoms with Crippen LogP contribution in [0.5, 0.6) is 5.75 Å². The Kier molecular flexibility index (Phi) is 9.27. The molecule has 0 atom stereocenters. The minimum absolute atomic E-state index is 0.611. The Morgan fingerprint density at radius 3 is 2.28 bits per heavy atom. The number of rotatable bonds is 11. The fourth-order valence-electron chi connectivity index (χ4n) is 1.93. The number of benzene rings is 1. The standard InChI is InChI=1S/C16H27NO/c1-2-3-4-5-6-7-11-14-17-15-18-16-12-9-8-10-13-16/h8-10,12-13,17H,2-7,11,14-15H2,1H3. The topological polar surface area (TPSA) is 21.3 Å². The Bertz CT molecular complexity index is 274. The SMILES string of the molecule is CCCCCCCCCNCOc1ccccc1. The molecule has 0 aromatic heterocycles. The maximum atomic E-state index is 5.55. The van der Waals surface area contributed by atoms with E-state index in [1.807, 2.05) is 30.3 Å². The Labute approximate surface area is 112 Å². The minimum Gasteiger partial charge on any atom is -0.478 e. The van der Waals surface area contributed by atoms with Crippen LogP contribution < -0.4 is 10.1 Å². The number of hydrogen-bond acceptors (Lipinski definition) is 2. The lowest BCUT2D eigenvalue weighted by Gasteiger charge is -2.07. The van der Waals surface area contributed by atoms with Gasteiger partial charge in [0.2, 0.25) is 0 Å². The molecular weight excluding hydrogens is 222 g/mol. The second-order valence-corrected chi connectivity index (χ2v) is 4.72. The first-order valence-corrected chi connectivity index (χ1v) is 7.32. The summed E-state index contributed by atoms with van der Waals surface area (Å²) in [6.45, 7) is 3.93. The van der Waals surface area contributed by atoms with Crippen molar-refractivity contribution in [3.63, 3.8) is 0 Å². The molecule has 0 spiro atoms. The molecule has 0 saturated carbocycles. The van der Waals surface area contributed by atoms with Crippen molar-refractivity contribution in [2.45, 2.75) is 51.9 Å². The van der Waals surface area contributed by atoms with E-state index in [-0.39, 0.29) is 0 Å². The van der Waals surface area contributed by atoms with E-state index in [1.54, 1.807) is 0 Å². The Morgan fingerprint density at radius 2 is 1.56 bits per heavy atom. The Hall–Kier alpha value is -1.02. The maximum absolute atomic E-state index is 5.55. The predicted molar refractivity (Wildman–Crippen MR) is 77.9 cm³/mol. The van der Waals surface area contributed by atoms with Gasteiger partial charge in [-0.25, -0.2) is 0 Å². The van der Waals surface area contributed by atoms with E-state index < -0.39 is 0 Å². The summed E-state index contributed by atoms with van der Waals surface area (Å²) in [4.78, 5) is 0. The summed E-state index contributed by atoms with van der Waals surface area (Å²) in [7, 11) is 0. The minimum atomic E-state index is 0.611. The summed E-state index contributed by atoms with van der Waals surface area (Å²) >= 11 is 0. The van der Waals surface area contributed by atoms with Crippen molar-refractivity contribution in [2.75, 3.05) is 13.3 Å². The molecule has 0 bridgehead atoms. The van der Waals surface area contributed by atoms with Crippen LogP contribution in [0.1, 0.15) is 51.9 Å². The van der Waals surface area contributed by atoms with Gasteiger partial charge in [-0.2, -0.15) is 0 Å². The largest absolute Gasteiger partial charge is 0.478 e. The molecule has 2 heteroatoms. The van der Waals surface area contributed by atoms with Crippen molar-refractivity contribution in [3.8, 4) is 5.75 Å². The average molecular weight is 249 g/mol. The molecule has 1 N–H and O–H groups in total. The molecule has 0 aliphatic heterocycles. The zero-order chi connectivity index (χ0) is 12.9. The molecule has 18 heavy (non-hydrogen) atoms. The van der Waals surface area contributed by atoms with Crippen LogP contribution in [-0.2, 0) is 0 Å². The first-order valence-electron chi connectivity index (χ1n) is 7.32. The number of hydrogen-bond donors (Lipinski definition) is 1. The van der Waals surface area contributed by atoms with E-state index in [1.165, 1.54) is 44.9 Å². The van der Waals surface area contributed by atoms with Gasteiger partial charge in [0.25, 0.3) is 0 Å². The van der Waals surface area contributed by atoms with Crippen molar-refractivity contribution < 1.29 is 4.74 Å². The van der Waals surface area contributed by atoms with E-state index in [0.717, 1.165) is 12.3 Å². The highest BCUT2D eigenvalue weighted by Gasteiger charge is 1.92. The normalized spacial score (nSPS) is 10.5. The molecule has 1 aromatic rings. The summed E-state index contributed by atoms with van der Waals surface area (Å²) in [5.41, 5.74) is 0. The van der Waals surface area contributed by atoms with Crippen molar-refractivity contribution in [2.24, 2.45) is 0 Å². The second kappa shape index (κ2) is 11.1. The summed E-state index contributed by atoms with van der Waals surface area (Å²) in [5.74, 6) is 0.935. The molecule has 1 rings (SSSR count). The molecule has 0 saturated heterocycles. The number of para-hydroxylation sites is 1. The summed E-state index contributed by atoms with van der Waals surface area (Å²) in [5, 5.41) is 3.31. The van der Waals surface area contributed by atoms with Crippen molar-refractivity contribution in [3.05, 3.63) is 30.3 Å². The summed E-state index contributed by atoms with van der Waals surface area (Å²) in [6, 6.07) is 9.95. The van der Waals surface area contributed by atoms with Gasteiger partial charge in [0, 0.05) is 0 Å². The Balaban J connectivity index is 1.82. The molecule has 1 aromatic carbocycles. The van der Waals surface area contributed by atoms with E-state index in [0.29, 0.717) is 6.73 Å². The quantitative estimate of drug-likeness (QED) is 0.464. The molecule has 0 radical (unpaired) electrons. The number of ether oxygens (including phenoxy) is 1. The number of nitrogens with one attached hydrogen (secondary N) is 1. The Morgan fingerprint density at radius 1 is 0.889 bits per heavy atom. The van der Waals surface area contributed by atoms with Gasteiger partial charge >= 0.3 is 0 Å². The van der Waals surface area contributed by atoms with Crippen LogP contribution in [0.2, 0.25) is 0 Å². The molecule has 102 valence electrons. The first kappa shape index (κ1) is 15.0. The van der Waals surface area contributed by atoms with Crippen molar-refractivity contribution in [1.82, 2.24) is 5.32 Å². The van der Waals surface area contributed by atoms with E-state index in [9.17, 15) is 0 Å². The van der Waals surface area contributed by atoms with Crippen LogP contribution in [0.3, 0.4) is 0 Å². The molecular formula is C16H27NO. The molecule has 2 nitrogen and oxygen atoms in total. The molecule has 0 aliphatic carbocycles. The van der Waals surface area contributed by atoms with Gasteiger partial charge in [0.15, 0.2) is 0 Å². The van der Waals surface area contributed by atoms with Crippen LogP contribution in [0.25, 0.3) is 0 Å². The lowest BCUT2D eigenvalue weighted by atomic mass is 10.1. The van der Waals surface area contributed by atoms with Gasteiger partial charge in [-0.05, 0) is 25.1 Å². The molecule has 0 fully saturated rings. The van der Waals surface area contributed by atoms with E-state index in [4.69, 9.17) is 4.74 Å². The fourth-order valence-corrected chi connectivity index (χ4v) is 1.93. The van der Waals surface area contributed by atoms with Crippen LogP contribution in [0, 0.1) is 0 Å². The van der Waals surface area contributed by atoms with Crippen molar-refractivity contribution in [1.29, 1.82) is 0 Å². The second-order valence-electron chi connectivity index (χ2n) is 4.72. The van der Waals surface area contributed by atoms with Gasteiger partial charge in [-0.3, -0.25) is 5.32 Å². The van der Waals surface area contributed by atoms with Crippen LogP contribution in [-0.4, -0.2) is 13.3 Å². The van der Waals surface area contributed by atoms with Gasteiger partial charge < -0.3 is 4.74 Å². The third-order valence-electron chi connectivity index (χ3n) is 3.04. The van der Waals surface area contributed by atoms with Crippen LogP contribution in [0.4, 0.5) is 0 Å². The molecule has 0 heterocycles. The summed E-state index contributed by atoms with van der Waals surface area (Å²) in [6.07, 6.45) is 9.49. The third-order valence-corrected chi connectivity index (χ3v) is 3.04. The molecule has 0 unspecified atom stereocenters. The average Bonchev–Trinajstić information content (AvgIpc) is 2.42. The van der Waals surface area contributed by atoms with Gasteiger partial charge in [-0.15, -0.1) is 0 Å². The van der Waals surface area contributed by atoms with Crippen LogP contribution >= 0.6 is 0 Å². The fraction of sp³-hybridized carbons (Fsp3) is 0.625. The molecule has 0 amide bonds. The number of unbranched alkanes of at least 4 members (excludes halogenated alkanes) is 6. The molecule has 0 aliphatic rings. The van der Waals surface area contributed by atoms with Gasteiger partial charge in [-0.1, -0.05) is 63.6 Å². The highest BCUT2D eigenvalue weighted by Crippen LogP contribution is 2.08. The van der Waals surface area contributed by atoms with E-state index in [2.05, 4.69) is 12.2 Å². The van der Waals surface area contributed by atoms with Crippen molar-refractivity contribution >= 4 is 0 Å². The van der Waals surface area contributed by atoms with E-state index >= 15 is 0 Å². The predicted octanol–water partition coefficient (Wildman–Crippen LogP) is 4.36. The highest BCUT2D eigenvalue weighted by atomic mass is 16.5. The monoisotopic (exact) mass is 249 g/mol.